The van der Waals surface area contributed by atoms with E-state index in [1.54, 1.807) is 16.8 Å². The second-order valence-corrected chi connectivity index (χ2v) is 7.10. The molecule has 1 unspecified atom stereocenters. The molecule has 6 nitrogen and oxygen atoms in total. The molecular weight excluding hydrogens is 321 g/mol. The summed E-state index contributed by atoms with van der Waals surface area (Å²) in [5.41, 5.74) is 1.85. The Hall–Kier alpha value is -2.28. The van der Waals surface area contributed by atoms with Gasteiger partial charge >= 0.3 is 0 Å². The van der Waals surface area contributed by atoms with Crippen LogP contribution in [0.5, 0.6) is 0 Å². The third kappa shape index (κ3) is 3.04. The number of carbonyl (C=O) groups is 1. The van der Waals surface area contributed by atoms with Crippen LogP contribution < -0.4 is 0 Å². The Morgan fingerprint density at radius 2 is 2.08 bits per heavy atom. The van der Waals surface area contributed by atoms with Gasteiger partial charge in [-0.2, -0.15) is 0 Å². The third-order valence-corrected chi connectivity index (χ3v) is 5.02. The van der Waals surface area contributed by atoms with Crippen molar-refractivity contribution in [3.63, 3.8) is 0 Å². The van der Waals surface area contributed by atoms with Crippen LogP contribution in [0.4, 0.5) is 4.39 Å². The zero-order valence-corrected chi connectivity index (χ0v) is 14.5. The highest BCUT2D eigenvalue weighted by atomic mass is 19.1. The summed E-state index contributed by atoms with van der Waals surface area (Å²) in [7, 11) is 2.06. The van der Waals surface area contributed by atoms with E-state index in [0.717, 1.165) is 31.6 Å². The number of halogens is 1. The highest BCUT2D eigenvalue weighted by molar-refractivity contribution is 5.94. The molecule has 0 spiro atoms. The molecule has 7 heteroatoms. The van der Waals surface area contributed by atoms with E-state index >= 15 is 0 Å². The van der Waals surface area contributed by atoms with Gasteiger partial charge in [-0.15, -0.1) is 5.10 Å². The van der Waals surface area contributed by atoms with E-state index in [4.69, 9.17) is 0 Å². The lowest BCUT2D eigenvalue weighted by atomic mass is 10.1. The summed E-state index contributed by atoms with van der Waals surface area (Å²) in [5, 5.41) is 8.38. The molecule has 2 aromatic rings. The van der Waals surface area contributed by atoms with Gasteiger partial charge in [-0.3, -0.25) is 4.79 Å². The number of hydrogen-bond donors (Lipinski definition) is 0. The molecule has 1 saturated carbocycles. The first-order valence-electron chi connectivity index (χ1n) is 8.75. The summed E-state index contributed by atoms with van der Waals surface area (Å²) in [6.07, 6.45) is 2.03. The van der Waals surface area contributed by atoms with Crippen LogP contribution in [0.3, 0.4) is 0 Å². The Labute approximate surface area is 146 Å². The molecule has 1 atom stereocenters. The van der Waals surface area contributed by atoms with Crippen molar-refractivity contribution < 1.29 is 9.18 Å². The van der Waals surface area contributed by atoms with Gasteiger partial charge in [0.15, 0.2) is 5.69 Å². The summed E-state index contributed by atoms with van der Waals surface area (Å²) in [6.45, 7) is 4.45. The Morgan fingerprint density at radius 3 is 2.76 bits per heavy atom. The molecule has 2 heterocycles. The summed E-state index contributed by atoms with van der Waals surface area (Å²) in [4.78, 5) is 17.2. The Balaban J connectivity index is 1.70. The van der Waals surface area contributed by atoms with Gasteiger partial charge in [0.05, 0.1) is 11.4 Å². The predicted molar refractivity (Wildman–Crippen MR) is 91.3 cm³/mol. The summed E-state index contributed by atoms with van der Waals surface area (Å²) >= 11 is 0. The standard InChI is InChI=1S/C18H22FN5O/c1-12-11-22(2)8-9-23(12)18(25)16-17(13-6-7-13)24(21-20-16)15-5-3-4-14(19)10-15/h3-5,10,12-13H,6-9,11H2,1-2H3. The number of piperazine rings is 1. The Kier molecular flexibility index (Phi) is 4.03. The number of carbonyl (C=O) groups excluding carboxylic acids is 1. The van der Waals surface area contributed by atoms with E-state index in [1.165, 1.54) is 12.1 Å². The van der Waals surface area contributed by atoms with Crippen molar-refractivity contribution in [3.8, 4) is 5.69 Å². The first-order chi connectivity index (χ1) is 12.0. The van der Waals surface area contributed by atoms with Crippen molar-refractivity contribution in [2.45, 2.75) is 31.7 Å². The van der Waals surface area contributed by atoms with Crippen molar-refractivity contribution in [1.29, 1.82) is 0 Å². The molecule has 0 radical (unpaired) electrons. The van der Waals surface area contributed by atoms with Crippen molar-refractivity contribution in [1.82, 2.24) is 24.8 Å². The lowest BCUT2D eigenvalue weighted by Gasteiger charge is -2.37. The number of rotatable bonds is 3. The number of likely N-dealkylation sites (N-methyl/N-ethyl adjacent to an activating group) is 1. The maximum absolute atomic E-state index is 13.6. The minimum atomic E-state index is -0.324. The number of benzene rings is 1. The molecule has 1 amide bonds. The lowest BCUT2D eigenvalue weighted by Crippen LogP contribution is -2.52. The number of amides is 1. The molecule has 4 rings (SSSR count). The van der Waals surface area contributed by atoms with Gasteiger partial charge in [0.1, 0.15) is 5.82 Å². The number of hydrogen-bond acceptors (Lipinski definition) is 4. The lowest BCUT2D eigenvalue weighted by molar-refractivity contribution is 0.0526. The summed E-state index contributed by atoms with van der Waals surface area (Å²) in [6, 6.07) is 6.39. The van der Waals surface area contributed by atoms with Crippen LogP contribution in [0.2, 0.25) is 0 Å². The van der Waals surface area contributed by atoms with E-state index in [9.17, 15) is 9.18 Å². The van der Waals surface area contributed by atoms with Gasteiger partial charge in [-0.1, -0.05) is 11.3 Å². The quantitative estimate of drug-likeness (QED) is 0.856. The molecule has 25 heavy (non-hydrogen) atoms. The van der Waals surface area contributed by atoms with Gasteiger partial charge in [-0.25, -0.2) is 9.07 Å². The summed E-state index contributed by atoms with van der Waals surface area (Å²) < 4.78 is 15.2. The molecule has 0 N–H and O–H groups in total. The van der Waals surface area contributed by atoms with Crippen LogP contribution in [0.25, 0.3) is 5.69 Å². The first-order valence-corrected chi connectivity index (χ1v) is 8.75. The molecule has 2 fully saturated rings. The van der Waals surface area contributed by atoms with Gasteiger partial charge in [-0.05, 0) is 45.0 Å². The minimum absolute atomic E-state index is 0.0647. The topological polar surface area (TPSA) is 54.3 Å². The zero-order valence-electron chi connectivity index (χ0n) is 14.5. The predicted octanol–water partition coefficient (Wildman–Crippen LogP) is 2.06. The van der Waals surface area contributed by atoms with Crippen molar-refractivity contribution >= 4 is 5.91 Å². The van der Waals surface area contributed by atoms with Crippen LogP contribution in [-0.4, -0.2) is 63.4 Å². The summed E-state index contributed by atoms with van der Waals surface area (Å²) in [5.74, 6) is -0.111. The van der Waals surface area contributed by atoms with Crippen LogP contribution in [0.1, 0.15) is 41.9 Å². The largest absolute Gasteiger partial charge is 0.332 e. The Morgan fingerprint density at radius 1 is 1.28 bits per heavy atom. The maximum Gasteiger partial charge on any atom is 0.276 e. The SMILES string of the molecule is CC1CN(C)CCN1C(=O)c1nnn(-c2cccc(F)c2)c1C1CC1. The van der Waals surface area contributed by atoms with E-state index in [2.05, 4.69) is 29.2 Å². The highest BCUT2D eigenvalue weighted by Crippen LogP contribution is 2.42. The smallest absolute Gasteiger partial charge is 0.276 e. The zero-order chi connectivity index (χ0) is 17.6. The van der Waals surface area contributed by atoms with E-state index in [0.29, 0.717) is 17.9 Å². The fourth-order valence-corrected chi connectivity index (χ4v) is 3.54. The van der Waals surface area contributed by atoms with Gasteiger partial charge in [0.25, 0.3) is 5.91 Å². The molecule has 0 bridgehead atoms. The fraction of sp³-hybridized carbons (Fsp3) is 0.500. The fourth-order valence-electron chi connectivity index (χ4n) is 3.54. The van der Waals surface area contributed by atoms with Crippen LogP contribution in [0, 0.1) is 5.82 Å². The van der Waals surface area contributed by atoms with Gasteiger partial charge in [0.2, 0.25) is 0 Å². The average molecular weight is 343 g/mol. The Bertz CT molecular complexity index is 801. The maximum atomic E-state index is 13.6. The third-order valence-electron chi connectivity index (χ3n) is 5.02. The normalized spacial score (nSPS) is 21.6. The monoisotopic (exact) mass is 343 g/mol. The van der Waals surface area contributed by atoms with Crippen LogP contribution >= 0.6 is 0 Å². The minimum Gasteiger partial charge on any atom is -0.332 e. The van der Waals surface area contributed by atoms with E-state index in [1.807, 2.05) is 4.90 Å². The van der Waals surface area contributed by atoms with Crippen LogP contribution in [0.15, 0.2) is 24.3 Å². The second-order valence-electron chi connectivity index (χ2n) is 7.10. The number of aromatic nitrogens is 3. The number of nitrogens with zero attached hydrogens (tertiary/aromatic N) is 5. The van der Waals surface area contributed by atoms with E-state index < -0.39 is 0 Å². The first kappa shape index (κ1) is 16.2. The van der Waals surface area contributed by atoms with Gasteiger partial charge < -0.3 is 9.80 Å². The van der Waals surface area contributed by atoms with Crippen molar-refractivity contribution in [2.24, 2.45) is 0 Å². The van der Waals surface area contributed by atoms with Crippen LogP contribution in [-0.2, 0) is 0 Å². The van der Waals surface area contributed by atoms with E-state index in [-0.39, 0.29) is 23.7 Å². The molecule has 1 aliphatic heterocycles. The molecule has 1 aromatic heterocycles. The molecular formula is C18H22FN5O. The highest BCUT2D eigenvalue weighted by Gasteiger charge is 2.37. The molecule has 1 aromatic carbocycles. The molecule has 1 aliphatic carbocycles. The second kappa shape index (κ2) is 6.22. The van der Waals surface area contributed by atoms with Gasteiger partial charge in [0, 0.05) is 31.6 Å². The van der Waals surface area contributed by atoms with Crippen molar-refractivity contribution in [2.75, 3.05) is 26.7 Å². The average Bonchev–Trinajstić information content (AvgIpc) is 3.32. The molecule has 1 saturated heterocycles. The van der Waals surface area contributed by atoms with Crippen molar-refractivity contribution in [3.05, 3.63) is 41.5 Å². The molecule has 132 valence electrons. The molecule has 2 aliphatic rings.